The summed E-state index contributed by atoms with van der Waals surface area (Å²) in [5, 5.41) is 0. The molecule has 0 radical (unpaired) electrons. The predicted molar refractivity (Wildman–Crippen MR) is 86.7 cm³/mol. The van der Waals surface area contributed by atoms with Crippen LogP contribution in [0.1, 0.15) is 13.8 Å². The Hall–Kier alpha value is -2.08. The highest BCUT2D eigenvalue weighted by atomic mass is 79.9. The summed E-state index contributed by atoms with van der Waals surface area (Å²) >= 11 is 3.39. The van der Waals surface area contributed by atoms with Crippen LogP contribution in [0.2, 0.25) is 0 Å². The van der Waals surface area contributed by atoms with Crippen molar-refractivity contribution in [1.82, 2.24) is 14.5 Å². The summed E-state index contributed by atoms with van der Waals surface area (Å²) in [6.45, 7) is 3.99. The van der Waals surface area contributed by atoms with Gasteiger partial charge in [0, 0.05) is 10.7 Å². The zero-order chi connectivity index (χ0) is 15.0. The highest BCUT2D eigenvalue weighted by Crippen LogP contribution is 2.25. The molecule has 0 aliphatic heterocycles. The second-order valence-corrected chi connectivity index (χ2v) is 5.88. The Labute approximate surface area is 130 Å². The molecule has 21 heavy (non-hydrogen) atoms. The summed E-state index contributed by atoms with van der Waals surface area (Å²) in [6.07, 6.45) is 1.88. The van der Waals surface area contributed by atoms with Crippen LogP contribution in [0.5, 0.6) is 5.75 Å². The molecular weight excluding hydrogens is 332 g/mol. The molecule has 6 heteroatoms. The lowest BCUT2D eigenvalue weighted by Crippen LogP contribution is -2.06. The average Bonchev–Trinajstić information content (AvgIpc) is 2.74. The lowest BCUT2D eigenvalue weighted by atomic mass is 10.3. The summed E-state index contributed by atoms with van der Waals surface area (Å²) in [5.41, 5.74) is 8.41. The number of hydrogen-bond donors (Lipinski definition) is 1. The van der Waals surface area contributed by atoms with E-state index >= 15 is 0 Å². The molecule has 1 aromatic carbocycles. The molecule has 0 saturated heterocycles. The smallest absolute Gasteiger partial charge is 0.207 e. The first-order chi connectivity index (χ1) is 10.0. The molecule has 0 unspecified atom stereocenters. The fourth-order valence-electron chi connectivity index (χ4n) is 2.16. The number of halogens is 1. The number of nitrogens with zero attached hydrogens (tertiary/aromatic N) is 3. The van der Waals surface area contributed by atoms with E-state index in [1.165, 1.54) is 0 Å². The first kappa shape index (κ1) is 13.9. The van der Waals surface area contributed by atoms with Crippen LogP contribution in [0.4, 0.5) is 5.95 Å². The fraction of sp³-hybridized carbons (Fsp3) is 0.200. The van der Waals surface area contributed by atoms with Gasteiger partial charge in [-0.2, -0.15) is 0 Å². The Bertz CT molecular complexity index is 780. The number of pyridine rings is 1. The molecule has 0 amide bonds. The molecule has 0 saturated carbocycles. The third-order valence-corrected chi connectivity index (χ3v) is 3.39. The van der Waals surface area contributed by atoms with Gasteiger partial charge in [0.1, 0.15) is 11.3 Å². The van der Waals surface area contributed by atoms with E-state index in [4.69, 9.17) is 10.5 Å². The maximum Gasteiger partial charge on any atom is 0.207 e. The van der Waals surface area contributed by atoms with Crippen molar-refractivity contribution in [2.45, 2.75) is 20.0 Å². The van der Waals surface area contributed by atoms with Crippen molar-refractivity contribution in [3.05, 3.63) is 41.0 Å². The number of rotatable bonds is 3. The van der Waals surface area contributed by atoms with Gasteiger partial charge in [0.15, 0.2) is 5.65 Å². The van der Waals surface area contributed by atoms with Crippen molar-refractivity contribution in [3.63, 3.8) is 0 Å². The molecule has 0 fully saturated rings. The number of aromatic nitrogens is 3. The molecule has 0 bridgehead atoms. The average molecular weight is 347 g/mol. The standard InChI is InChI=1S/C15H15BrN4O/c1-9(2)21-12-5-3-11(4-6-12)20-14-13(19-15(20)17)7-10(16)8-18-14/h3-9H,1-2H3,(H2,17,19). The number of ether oxygens (including phenoxy) is 1. The monoisotopic (exact) mass is 346 g/mol. The maximum absolute atomic E-state index is 6.02. The quantitative estimate of drug-likeness (QED) is 0.787. The molecule has 3 aromatic rings. The number of benzene rings is 1. The van der Waals surface area contributed by atoms with Gasteiger partial charge in [-0.25, -0.2) is 9.97 Å². The van der Waals surface area contributed by atoms with Gasteiger partial charge in [-0.3, -0.25) is 4.57 Å². The normalized spacial score (nSPS) is 11.2. The molecule has 0 atom stereocenters. The van der Waals surface area contributed by atoms with Crippen LogP contribution in [-0.4, -0.2) is 20.6 Å². The summed E-state index contributed by atoms with van der Waals surface area (Å²) in [6, 6.07) is 9.61. The molecule has 0 aliphatic carbocycles. The number of hydrogen-bond acceptors (Lipinski definition) is 4. The predicted octanol–water partition coefficient (Wildman–Crippen LogP) is 3.55. The van der Waals surface area contributed by atoms with Crippen molar-refractivity contribution >= 4 is 33.0 Å². The largest absolute Gasteiger partial charge is 0.491 e. The zero-order valence-electron chi connectivity index (χ0n) is 11.7. The Morgan fingerprint density at radius 2 is 1.95 bits per heavy atom. The Morgan fingerprint density at radius 1 is 1.24 bits per heavy atom. The van der Waals surface area contributed by atoms with Crippen LogP contribution in [0.15, 0.2) is 41.0 Å². The van der Waals surface area contributed by atoms with Crippen molar-refractivity contribution in [2.75, 3.05) is 5.73 Å². The maximum atomic E-state index is 6.02. The van der Waals surface area contributed by atoms with E-state index in [2.05, 4.69) is 25.9 Å². The van der Waals surface area contributed by atoms with Crippen LogP contribution < -0.4 is 10.5 Å². The molecule has 108 valence electrons. The van der Waals surface area contributed by atoms with Gasteiger partial charge < -0.3 is 10.5 Å². The lowest BCUT2D eigenvalue weighted by molar-refractivity contribution is 0.242. The van der Waals surface area contributed by atoms with Gasteiger partial charge >= 0.3 is 0 Å². The zero-order valence-corrected chi connectivity index (χ0v) is 13.3. The number of fused-ring (bicyclic) bond motifs is 1. The minimum atomic E-state index is 0.147. The van der Waals surface area contributed by atoms with Gasteiger partial charge in [0.25, 0.3) is 0 Å². The van der Waals surface area contributed by atoms with E-state index in [-0.39, 0.29) is 6.10 Å². The van der Waals surface area contributed by atoms with Crippen LogP contribution >= 0.6 is 15.9 Å². The fourth-order valence-corrected chi connectivity index (χ4v) is 2.48. The van der Waals surface area contributed by atoms with E-state index in [0.29, 0.717) is 5.95 Å². The van der Waals surface area contributed by atoms with E-state index in [9.17, 15) is 0 Å². The van der Waals surface area contributed by atoms with Gasteiger partial charge in [-0.05, 0) is 60.1 Å². The van der Waals surface area contributed by atoms with Gasteiger partial charge in [-0.15, -0.1) is 0 Å². The van der Waals surface area contributed by atoms with Crippen molar-refractivity contribution in [1.29, 1.82) is 0 Å². The van der Waals surface area contributed by atoms with Crippen molar-refractivity contribution in [2.24, 2.45) is 0 Å². The first-order valence-electron chi connectivity index (χ1n) is 6.61. The molecule has 3 rings (SSSR count). The van der Waals surface area contributed by atoms with E-state index in [1.807, 2.05) is 48.7 Å². The SMILES string of the molecule is CC(C)Oc1ccc(-n2c(N)nc3cc(Br)cnc32)cc1. The van der Waals surface area contributed by atoms with Crippen LogP contribution in [0.3, 0.4) is 0 Å². The van der Waals surface area contributed by atoms with Crippen LogP contribution in [0, 0.1) is 0 Å². The summed E-state index contributed by atoms with van der Waals surface area (Å²) < 4.78 is 8.34. The Morgan fingerprint density at radius 3 is 2.62 bits per heavy atom. The first-order valence-corrected chi connectivity index (χ1v) is 7.40. The second-order valence-electron chi connectivity index (χ2n) is 4.96. The minimum absolute atomic E-state index is 0.147. The van der Waals surface area contributed by atoms with Crippen LogP contribution in [0.25, 0.3) is 16.9 Å². The van der Waals surface area contributed by atoms with Crippen molar-refractivity contribution in [3.8, 4) is 11.4 Å². The number of anilines is 1. The van der Waals surface area contributed by atoms with Gasteiger partial charge in [-0.1, -0.05) is 0 Å². The third-order valence-electron chi connectivity index (χ3n) is 2.96. The molecule has 5 nitrogen and oxygen atoms in total. The van der Waals surface area contributed by atoms with Gasteiger partial charge in [0.2, 0.25) is 5.95 Å². The highest BCUT2D eigenvalue weighted by Gasteiger charge is 2.11. The minimum Gasteiger partial charge on any atom is -0.491 e. The Balaban J connectivity index is 2.05. The number of imidazole rings is 1. The second kappa shape index (κ2) is 5.37. The summed E-state index contributed by atoms with van der Waals surface area (Å²) in [7, 11) is 0. The lowest BCUT2D eigenvalue weighted by Gasteiger charge is -2.11. The topological polar surface area (TPSA) is 66.0 Å². The summed E-state index contributed by atoms with van der Waals surface area (Å²) in [5.74, 6) is 1.24. The summed E-state index contributed by atoms with van der Waals surface area (Å²) in [4.78, 5) is 8.73. The molecular formula is C15H15BrN4O. The van der Waals surface area contributed by atoms with E-state index < -0.39 is 0 Å². The van der Waals surface area contributed by atoms with Crippen LogP contribution in [-0.2, 0) is 0 Å². The molecule has 2 N–H and O–H groups in total. The van der Waals surface area contributed by atoms with Crippen molar-refractivity contribution < 1.29 is 4.74 Å². The van der Waals surface area contributed by atoms with E-state index in [1.54, 1.807) is 6.20 Å². The third kappa shape index (κ3) is 2.71. The number of nitrogen functional groups attached to an aromatic ring is 1. The molecule has 0 aliphatic rings. The Kier molecular flexibility index (Phi) is 3.55. The molecule has 2 aromatic heterocycles. The molecule has 2 heterocycles. The van der Waals surface area contributed by atoms with E-state index in [0.717, 1.165) is 27.1 Å². The highest BCUT2D eigenvalue weighted by molar-refractivity contribution is 9.10. The molecule has 0 spiro atoms. The number of nitrogens with two attached hydrogens (primary N) is 1. The van der Waals surface area contributed by atoms with Gasteiger partial charge in [0.05, 0.1) is 11.8 Å².